The van der Waals surface area contributed by atoms with Crippen molar-refractivity contribution in [2.45, 2.75) is 52.0 Å². The van der Waals surface area contributed by atoms with E-state index in [9.17, 15) is 4.79 Å². The van der Waals surface area contributed by atoms with Crippen molar-refractivity contribution < 1.29 is 9.90 Å². The van der Waals surface area contributed by atoms with Crippen LogP contribution in [0.25, 0.3) is 0 Å². The van der Waals surface area contributed by atoms with Crippen LogP contribution in [0.15, 0.2) is 0 Å². The molecule has 2 fully saturated rings. The molecule has 2 saturated carbocycles. The van der Waals surface area contributed by atoms with Crippen molar-refractivity contribution in [3.05, 3.63) is 0 Å². The van der Waals surface area contributed by atoms with Gasteiger partial charge in [0.25, 0.3) is 0 Å². The molecule has 0 aromatic rings. The molecule has 0 aliphatic heterocycles. The van der Waals surface area contributed by atoms with E-state index in [1.165, 1.54) is 12.8 Å². The van der Waals surface area contributed by atoms with Gasteiger partial charge in [-0.3, -0.25) is 4.79 Å². The first kappa shape index (κ1) is 15.8. The summed E-state index contributed by atoms with van der Waals surface area (Å²) >= 11 is 0. The second kappa shape index (κ2) is 6.90. The highest BCUT2D eigenvalue weighted by molar-refractivity contribution is 5.80. The van der Waals surface area contributed by atoms with Crippen LogP contribution < -0.4 is 11.1 Å². The zero-order valence-corrected chi connectivity index (χ0v) is 12.8. The van der Waals surface area contributed by atoms with Gasteiger partial charge in [0.15, 0.2) is 0 Å². The molecule has 4 heteroatoms. The smallest absolute Gasteiger partial charge is 0.224 e. The molecule has 4 nitrogen and oxygen atoms in total. The first-order chi connectivity index (χ1) is 9.52. The van der Waals surface area contributed by atoms with E-state index in [4.69, 9.17) is 10.8 Å². The van der Waals surface area contributed by atoms with Crippen molar-refractivity contribution in [2.75, 3.05) is 13.2 Å². The Hall–Kier alpha value is -0.610. The lowest BCUT2D eigenvalue weighted by molar-refractivity contribution is -0.127. The third kappa shape index (κ3) is 3.53. The second-order valence-electron chi connectivity index (χ2n) is 7.19. The van der Waals surface area contributed by atoms with Gasteiger partial charge in [-0.1, -0.05) is 13.8 Å². The number of carbonyl (C=O) groups excluding carboxylic acids is 1. The predicted molar refractivity (Wildman–Crippen MR) is 80.0 cm³/mol. The number of rotatable bonds is 7. The van der Waals surface area contributed by atoms with Crippen LogP contribution in [0, 0.1) is 29.6 Å². The van der Waals surface area contributed by atoms with Crippen molar-refractivity contribution in [1.29, 1.82) is 0 Å². The van der Waals surface area contributed by atoms with Crippen LogP contribution in [0.2, 0.25) is 0 Å². The highest BCUT2D eigenvalue weighted by Crippen LogP contribution is 2.47. The number of nitrogens with two attached hydrogens (primary N) is 1. The lowest BCUT2D eigenvalue weighted by atomic mass is 9.84. The molecule has 2 rings (SSSR count). The molecule has 0 spiro atoms. The molecule has 0 aromatic carbocycles. The molecule has 5 atom stereocenters. The van der Waals surface area contributed by atoms with Crippen molar-refractivity contribution in [1.82, 2.24) is 5.32 Å². The molecule has 5 unspecified atom stereocenters. The van der Waals surface area contributed by atoms with Gasteiger partial charge in [0.05, 0.1) is 5.92 Å². The maximum Gasteiger partial charge on any atom is 0.224 e. The fourth-order valence-corrected chi connectivity index (χ4v) is 4.24. The number of nitrogens with one attached hydrogen (secondary N) is 1. The Morgan fingerprint density at radius 2 is 2.05 bits per heavy atom. The van der Waals surface area contributed by atoms with E-state index in [-0.39, 0.29) is 24.5 Å². The van der Waals surface area contributed by atoms with E-state index < -0.39 is 0 Å². The first-order valence-corrected chi connectivity index (χ1v) is 8.17. The van der Waals surface area contributed by atoms with Crippen LogP contribution in [-0.4, -0.2) is 30.2 Å². The minimum atomic E-state index is 0.0302. The van der Waals surface area contributed by atoms with E-state index >= 15 is 0 Å². The van der Waals surface area contributed by atoms with Crippen LogP contribution >= 0.6 is 0 Å². The zero-order valence-electron chi connectivity index (χ0n) is 12.8. The van der Waals surface area contributed by atoms with Gasteiger partial charge in [-0.15, -0.1) is 0 Å². The highest BCUT2D eigenvalue weighted by Gasteiger charge is 2.48. The SMILES string of the molecule is CC(C)CC(CCO)CNC(=O)C1C2CCC(C2)C1N. The number of aliphatic hydroxyl groups is 1. The van der Waals surface area contributed by atoms with Crippen LogP contribution in [-0.2, 0) is 4.79 Å². The number of carbonyl (C=O) groups is 1. The molecule has 2 bridgehead atoms. The molecule has 0 aromatic heterocycles. The summed E-state index contributed by atoms with van der Waals surface area (Å²) < 4.78 is 0. The monoisotopic (exact) mass is 282 g/mol. The number of amides is 1. The molecule has 1 amide bonds. The summed E-state index contributed by atoms with van der Waals surface area (Å²) in [6.07, 6.45) is 5.33. The lowest BCUT2D eigenvalue weighted by Gasteiger charge is -2.28. The average molecular weight is 282 g/mol. The fourth-order valence-electron chi connectivity index (χ4n) is 4.24. The van der Waals surface area contributed by atoms with Gasteiger partial charge in [0, 0.05) is 19.2 Å². The number of hydrogen-bond acceptors (Lipinski definition) is 3. The lowest BCUT2D eigenvalue weighted by Crippen LogP contribution is -2.46. The molecule has 2 aliphatic carbocycles. The van der Waals surface area contributed by atoms with Crippen molar-refractivity contribution >= 4 is 5.91 Å². The molecule has 116 valence electrons. The van der Waals surface area contributed by atoms with Crippen LogP contribution in [0.3, 0.4) is 0 Å². The minimum Gasteiger partial charge on any atom is -0.396 e. The van der Waals surface area contributed by atoms with E-state index in [1.807, 2.05) is 0 Å². The third-order valence-corrected chi connectivity index (χ3v) is 5.19. The molecular weight excluding hydrogens is 252 g/mol. The van der Waals surface area contributed by atoms with Crippen LogP contribution in [0.1, 0.15) is 46.0 Å². The standard InChI is InChI=1S/C16H30N2O2/c1-10(2)7-11(5-6-19)9-18-16(20)14-12-3-4-13(8-12)15(14)17/h10-15,19H,3-9,17H2,1-2H3,(H,18,20). The van der Waals surface area contributed by atoms with Crippen LogP contribution in [0.4, 0.5) is 0 Å². The van der Waals surface area contributed by atoms with Crippen molar-refractivity contribution in [2.24, 2.45) is 35.3 Å². The maximum atomic E-state index is 12.4. The van der Waals surface area contributed by atoms with Gasteiger partial charge >= 0.3 is 0 Å². The highest BCUT2D eigenvalue weighted by atomic mass is 16.3. The summed E-state index contributed by atoms with van der Waals surface area (Å²) in [5.41, 5.74) is 6.21. The second-order valence-corrected chi connectivity index (χ2v) is 7.19. The Morgan fingerprint density at radius 1 is 1.35 bits per heavy atom. The average Bonchev–Trinajstić information content (AvgIpc) is 2.96. The summed E-state index contributed by atoms with van der Waals surface area (Å²) in [6, 6.07) is 0.0649. The Morgan fingerprint density at radius 3 is 2.60 bits per heavy atom. The Bertz CT molecular complexity index is 330. The van der Waals surface area contributed by atoms with Gasteiger partial charge in [-0.05, 0) is 55.8 Å². The number of fused-ring (bicyclic) bond motifs is 2. The topological polar surface area (TPSA) is 75.3 Å². The molecule has 4 N–H and O–H groups in total. The van der Waals surface area contributed by atoms with Gasteiger partial charge in [-0.2, -0.15) is 0 Å². The summed E-state index contributed by atoms with van der Waals surface area (Å²) in [5, 5.41) is 12.2. The van der Waals surface area contributed by atoms with Crippen molar-refractivity contribution in [3.63, 3.8) is 0 Å². The Balaban J connectivity index is 1.81. The van der Waals surface area contributed by atoms with E-state index in [0.29, 0.717) is 30.2 Å². The van der Waals surface area contributed by atoms with E-state index in [2.05, 4.69) is 19.2 Å². The summed E-state index contributed by atoms with van der Waals surface area (Å²) in [5.74, 6) is 2.22. The van der Waals surface area contributed by atoms with Crippen molar-refractivity contribution in [3.8, 4) is 0 Å². The van der Waals surface area contributed by atoms with Gasteiger partial charge in [0.2, 0.25) is 5.91 Å². The Kier molecular flexibility index (Phi) is 5.44. The first-order valence-electron chi connectivity index (χ1n) is 8.17. The molecule has 0 radical (unpaired) electrons. The molecule has 2 aliphatic rings. The maximum absolute atomic E-state index is 12.4. The number of aliphatic hydroxyl groups excluding tert-OH is 1. The van der Waals surface area contributed by atoms with E-state index in [1.54, 1.807) is 0 Å². The summed E-state index contributed by atoms with van der Waals surface area (Å²) in [7, 11) is 0. The van der Waals surface area contributed by atoms with Crippen LogP contribution in [0.5, 0.6) is 0 Å². The predicted octanol–water partition coefficient (Wildman–Crippen LogP) is 1.52. The fraction of sp³-hybridized carbons (Fsp3) is 0.938. The zero-order chi connectivity index (χ0) is 14.7. The number of hydrogen-bond donors (Lipinski definition) is 3. The van der Waals surface area contributed by atoms with E-state index in [0.717, 1.165) is 19.3 Å². The van der Waals surface area contributed by atoms with Gasteiger partial charge < -0.3 is 16.2 Å². The summed E-state index contributed by atoms with van der Waals surface area (Å²) in [6.45, 7) is 5.23. The largest absolute Gasteiger partial charge is 0.396 e. The minimum absolute atomic E-state index is 0.0302. The molecular formula is C16H30N2O2. The Labute approximate surface area is 122 Å². The van der Waals surface area contributed by atoms with Gasteiger partial charge in [-0.25, -0.2) is 0 Å². The molecule has 20 heavy (non-hydrogen) atoms. The quantitative estimate of drug-likeness (QED) is 0.663. The summed E-state index contributed by atoms with van der Waals surface area (Å²) in [4.78, 5) is 12.4. The third-order valence-electron chi connectivity index (χ3n) is 5.19. The van der Waals surface area contributed by atoms with Gasteiger partial charge in [0.1, 0.15) is 0 Å². The normalized spacial score (nSPS) is 33.6. The molecule has 0 heterocycles. The molecule has 0 saturated heterocycles.